The van der Waals surface area contributed by atoms with E-state index in [-0.39, 0.29) is 23.3 Å². The molecule has 0 radical (unpaired) electrons. The summed E-state index contributed by atoms with van der Waals surface area (Å²) in [6, 6.07) is 8.41. The molecule has 1 saturated heterocycles. The second-order valence-electron chi connectivity index (χ2n) is 10.4. The van der Waals surface area contributed by atoms with Crippen LogP contribution in [0.2, 0.25) is 0 Å². The number of para-hydroxylation sites is 1. The number of carbonyl (C=O) groups is 4. The van der Waals surface area contributed by atoms with Crippen molar-refractivity contribution >= 4 is 29.5 Å². The average Bonchev–Trinajstić information content (AvgIpc) is 2.96. The Morgan fingerprint density at radius 2 is 1.76 bits per heavy atom. The average molecular weight is 458 g/mol. The summed E-state index contributed by atoms with van der Waals surface area (Å²) in [6.45, 7) is 9.33. The number of imide groups is 1. The minimum Gasteiger partial charge on any atom is -0.454 e. The van der Waals surface area contributed by atoms with Crippen LogP contribution in [0.3, 0.4) is 0 Å². The SMILES string of the molecule is CC(C)N(C(=O)COC(=O)CN1C(=O)NC2(CCC(C(C)(C)C)CC2)C1=O)c1ccccc1. The summed E-state index contributed by atoms with van der Waals surface area (Å²) in [5, 5.41) is 2.82. The zero-order valence-corrected chi connectivity index (χ0v) is 20.2. The largest absolute Gasteiger partial charge is 0.454 e. The van der Waals surface area contributed by atoms with E-state index in [1.54, 1.807) is 17.0 Å². The van der Waals surface area contributed by atoms with E-state index in [0.29, 0.717) is 24.4 Å². The molecule has 2 aliphatic rings. The topological polar surface area (TPSA) is 96.0 Å². The second kappa shape index (κ2) is 9.53. The lowest BCUT2D eigenvalue weighted by molar-refractivity contribution is -0.150. The van der Waals surface area contributed by atoms with Gasteiger partial charge in [-0.25, -0.2) is 4.79 Å². The van der Waals surface area contributed by atoms with E-state index in [9.17, 15) is 19.2 Å². The standard InChI is InChI=1S/C25H35N3O5/c1-17(2)28(19-9-7-6-8-10-19)20(29)16-33-21(30)15-27-22(31)25(26-23(27)32)13-11-18(12-14-25)24(3,4)5/h6-10,17-18H,11-16H2,1-5H3,(H,26,32). The Bertz CT molecular complexity index is 898. The summed E-state index contributed by atoms with van der Waals surface area (Å²) in [5.41, 5.74) is -0.0840. The van der Waals surface area contributed by atoms with Crippen molar-refractivity contribution in [2.45, 2.75) is 71.9 Å². The lowest BCUT2D eigenvalue weighted by Gasteiger charge is -2.40. The third-order valence-electron chi connectivity index (χ3n) is 6.77. The van der Waals surface area contributed by atoms with Gasteiger partial charge in [-0.2, -0.15) is 0 Å². The van der Waals surface area contributed by atoms with E-state index in [0.717, 1.165) is 17.7 Å². The van der Waals surface area contributed by atoms with Gasteiger partial charge in [-0.15, -0.1) is 0 Å². The molecule has 1 N–H and O–H groups in total. The normalized spacial score (nSPS) is 23.1. The first-order chi connectivity index (χ1) is 15.4. The van der Waals surface area contributed by atoms with Gasteiger partial charge in [-0.1, -0.05) is 39.0 Å². The summed E-state index contributed by atoms with van der Waals surface area (Å²) in [4.78, 5) is 53.1. The first-order valence-electron chi connectivity index (χ1n) is 11.6. The molecule has 1 aliphatic heterocycles. The highest BCUT2D eigenvalue weighted by Crippen LogP contribution is 2.43. The van der Waals surface area contributed by atoms with E-state index >= 15 is 0 Å². The molecule has 33 heavy (non-hydrogen) atoms. The van der Waals surface area contributed by atoms with Crippen molar-refractivity contribution in [3.63, 3.8) is 0 Å². The van der Waals surface area contributed by atoms with E-state index in [4.69, 9.17) is 4.74 Å². The van der Waals surface area contributed by atoms with Crippen LogP contribution in [0.5, 0.6) is 0 Å². The minimum atomic E-state index is -0.934. The van der Waals surface area contributed by atoms with Gasteiger partial charge < -0.3 is 15.0 Å². The van der Waals surface area contributed by atoms with Gasteiger partial charge in [0, 0.05) is 11.7 Å². The predicted octanol–water partition coefficient (Wildman–Crippen LogP) is 3.50. The van der Waals surface area contributed by atoms with Crippen LogP contribution < -0.4 is 10.2 Å². The fraction of sp³-hybridized carbons (Fsp3) is 0.600. The van der Waals surface area contributed by atoms with Gasteiger partial charge in [0.25, 0.3) is 11.8 Å². The molecule has 4 amide bonds. The number of nitrogens with zero attached hydrogens (tertiary/aromatic N) is 2. The number of rotatable bonds is 6. The molecule has 0 bridgehead atoms. The molecule has 1 aromatic rings. The molecule has 180 valence electrons. The van der Waals surface area contributed by atoms with Gasteiger partial charge in [0.15, 0.2) is 6.61 Å². The molecule has 1 saturated carbocycles. The smallest absolute Gasteiger partial charge is 0.326 e. The highest BCUT2D eigenvalue weighted by Gasteiger charge is 2.53. The summed E-state index contributed by atoms with van der Waals surface area (Å²) in [6.07, 6.45) is 2.80. The number of anilines is 1. The van der Waals surface area contributed by atoms with Crippen molar-refractivity contribution in [1.29, 1.82) is 0 Å². The number of carbonyl (C=O) groups excluding carboxylic acids is 4. The molecule has 0 atom stereocenters. The molecule has 0 unspecified atom stereocenters. The zero-order chi connectivity index (χ0) is 24.4. The molecule has 1 heterocycles. The van der Waals surface area contributed by atoms with Gasteiger partial charge >= 0.3 is 12.0 Å². The van der Waals surface area contributed by atoms with Crippen molar-refractivity contribution in [1.82, 2.24) is 10.2 Å². The summed E-state index contributed by atoms with van der Waals surface area (Å²) < 4.78 is 5.15. The maximum atomic E-state index is 13.1. The predicted molar refractivity (Wildman–Crippen MR) is 124 cm³/mol. The lowest BCUT2D eigenvalue weighted by Crippen LogP contribution is -2.50. The number of nitrogens with one attached hydrogen (secondary N) is 1. The quantitative estimate of drug-likeness (QED) is 0.521. The number of hydrogen-bond donors (Lipinski definition) is 1. The molecule has 0 aromatic heterocycles. The van der Waals surface area contributed by atoms with Gasteiger partial charge in [0.2, 0.25) is 0 Å². The van der Waals surface area contributed by atoms with Gasteiger partial charge in [-0.3, -0.25) is 19.3 Å². The zero-order valence-electron chi connectivity index (χ0n) is 20.2. The first-order valence-corrected chi connectivity index (χ1v) is 11.6. The number of urea groups is 1. The molecular formula is C25H35N3O5. The maximum Gasteiger partial charge on any atom is 0.326 e. The molecule has 1 aliphatic carbocycles. The van der Waals surface area contributed by atoms with E-state index in [1.165, 1.54) is 0 Å². The van der Waals surface area contributed by atoms with E-state index in [1.807, 2.05) is 32.0 Å². The first kappa shape index (κ1) is 24.7. The number of esters is 1. The Hall–Kier alpha value is -2.90. The lowest BCUT2D eigenvalue weighted by atomic mass is 9.67. The van der Waals surface area contributed by atoms with Crippen molar-refractivity contribution < 1.29 is 23.9 Å². The Morgan fingerprint density at radius 3 is 2.30 bits per heavy atom. The fourth-order valence-electron chi connectivity index (χ4n) is 4.84. The molecule has 8 heteroatoms. The third-order valence-corrected chi connectivity index (χ3v) is 6.77. The van der Waals surface area contributed by atoms with Crippen LogP contribution in [0.25, 0.3) is 0 Å². The minimum absolute atomic E-state index is 0.132. The van der Waals surface area contributed by atoms with Crippen molar-refractivity contribution in [3.8, 4) is 0 Å². The summed E-state index contributed by atoms with van der Waals surface area (Å²) in [7, 11) is 0. The number of amides is 4. The molecule has 2 fully saturated rings. The van der Waals surface area contributed by atoms with Gasteiger partial charge in [-0.05, 0) is 63.0 Å². The molecular weight excluding hydrogens is 422 g/mol. The van der Waals surface area contributed by atoms with Crippen LogP contribution in [0.15, 0.2) is 30.3 Å². The van der Waals surface area contributed by atoms with Crippen LogP contribution in [0.4, 0.5) is 10.5 Å². The Kier molecular flexibility index (Phi) is 7.14. The van der Waals surface area contributed by atoms with Gasteiger partial charge in [0.1, 0.15) is 12.1 Å². The van der Waals surface area contributed by atoms with Crippen LogP contribution in [0.1, 0.15) is 60.3 Å². The molecule has 3 rings (SSSR count). The number of ether oxygens (including phenoxy) is 1. The summed E-state index contributed by atoms with van der Waals surface area (Å²) >= 11 is 0. The summed E-state index contributed by atoms with van der Waals surface area (Å²) in [5.74, 6) is -1.06. The Morgan fingerprint density at radius 1 is 1.15 bits per heavy atom. The van der Waals surface area contributed by atoms with Crippen molar-refractivity contribution in [2.24, 2.45) is 11.3 Å². The van der Waals surface area contributed by atoms with E-state index in [2.05, 4.69) is 26.1 Å². The molecule has 8 nitrogen and oxygen atoms in total. The highest BCUT2D eigenvalue weighted by molar-refractivity contribution is 6.08. The second-order valence-corrected chi connectivity index (χ2v) is 10.4. The molecule has 1 aromatic carbocycles. The Labute approximate surface area is 195 Å². The highest BCUT2D eigenvalue weighted by atomic mass is 16.5. The van der Waals surface area contributed by atoms with Crippen LogP contribution in [0, 0.1) is 11.3 Å². The van der Waals surface area contributed by atoms with Crippen LogP contribution in [-0.2, 0) is 19.1 Å². The van der Waals surface area contributed by atoms with Crippen molar-refractivity contribution in [2.75, 3.05) is 18.1 Å². The van der Waals surface area contributed by atoms with Crippen molar-refractivity contribution in [3.05, 3.63) is 30.3 Å². The Balaban J connectivity index is 1.57. The van der Waals surface area contributed by atoms with E-state index < -0.39 is 30.7 Å². The van der Waals surface area contributed by atoms with Crippen LogP contribution in [-0.4, -0.2) is 53.4 Å². The monoisotopic (exact) mass is 457 g/mol. The van der Waals surface area contributed by atoms with Gasteiger partial charge in [0.05, 0.1) is 0 Å². The number of hydrogen-bond acceptors (Lipinski definition) is 5. The third kappa shape index (κ3) is 5.37. The molecule has 1 spiro atoms. The van der Waals surface area contributed by atoms with Crippen LogP contribution >= 0.6 is 0 Å². The number of benzene rings is 1. The fourth-order valence-corrected chi connectivity index (χ4v) is 4.84. The maximum absolute atomic E-state index is 13.1.